The van der Waals surface area contributed by atoms with E-state index in [9.17, 15) is 13.2 Å². The molecule has 1 amide bonds. The van der Waals surface area contributed by atoms with Gasteiger partial charge in [-0.05, 0) is 62.5 Å². The second-order valence-electron chi connectivity index (χ2n) is 5.56. The lowest BCUT2D eigenvalue weighted by Gasteiger charge is -2.22. The predicted molar refractivity (Wildman–Crippen MR) is 86.7 cm³/mol. The average Bonchev–Trinajstić information content (AvgIpc) is 2.48. The van der Waals surface area contributed by atoms with Gasteiger partial charge in [-0.1, -0.05) is 11.6 Å². The van der Waals surface area contributed by atoms with Crippen LogP contribution in [0.5, 0.6) is 0 Å². The molecule has 0 spiro atoms. The maximum Gasteiger partial charge on any atom is 0.235 e. The van der Waals surface area contributed by atoms with Crippen LogP contribution in [0.3, 0.4) is 0 Å². The van der Waals surface area contributed by atoms with Crippen LogP contribution in [0.25, 0.3) is 0 Å². The number of sulfone groups is 1. The normalized spacial score (nSPS) is 18.9. The zero-order valence-electron chi connectivity index (χ0n) is 12.3. The summed E-state index contributed by atoms with van der Waals surface area (Å²) in [6.45, 7) is 2.54. The molecule has 1 atom stereocenters. The van der Waals surface area contributed by atoms with Crippen LogP contribution in [-0.4, -0.2) is 39.7 Å². The van der Waals surface area contributed by atoms with E-state index in [1.54, 1.807) is 0 Å². The third kappa shape index (κ3) is 5.26. The van der Waals surface area contributed by atoms with Crippen LogP contribution in [0, 0.1) is 5.92 Å². The molecule has 0 aliphatic carbocycles. The molecule has 0 radical (unpaired) electrons. The Balaban J connectivity index is 1.79. The summed E-state index contributed by atoms with van der Waals surface area (Å²) in [6.07, 6.45) is 3.19. The Bertz CT molecular complexity index is 596. The van der Waals surface area contributed by atoms with E-state index in [0.29, 0.717) is 17.5 Å². The molecule has 1 saturated heterocycles. The lowest BCUT2D eigenvalue weighted by atomic mass is 9.96. The Labute approximate surface area is 136 Å². The molecular weight excluding hydrogens is 324 g/mol. The Hall–Kier alpha value is -1.11. The molecule has 0 saturated carbocycles. The SMILES string of the molecule is O=C(CS(=O)(=O)c1ccc(Cl)cc1)NCCC1CCCNC1. The maximum atomic E-state index is 12.1. The Morgan fingerprint density at radius 2 is 2.05 bits per heavy atom. The summed E-state index contributed by atoms with van der Waals surface area (Å²) in [5, 5.41) is 6.48. The lowest BCUT2D eigenvalue weighted by molar-refractivity contribution is -0.118. The van der Waals surface area contributed by atoms with Gasteiger partial charge in [0.1, 0.15) is 5.75 Å². The minimum absolute atomic E-state index is 0.114. The van der Waals surface area contributed by atoms with E-state index in [-0.39, 0.29) is 4.90 Å². The molecule has 1 aromatic rings. The fourth-order valence-electron chi connectivity index (χ4n) is 2.53. The number of hydrogen-bond acceptors (Lipinski definition) is 4. The molecule has 1 aliphatic heterocycles. The fourth-order valence-corrected chi connectivity index (χ4v) is 3.83. The van der Waals surface area contributed by atoms with Gasteiger partial charge in [0, 0.05) is 11.6 Å². The van der Waals surface area contributed by atoms with Crippen LogP contribution in [0.1, 0.15) is 19.3 Å². The van der Waals surface area contributed by atoms with Crippen LogP contribution >= 0.6 is 11.6 Å². The summed E-state index contributed by atoms with van der Waals surface area (Å²) in [6, 6.07) is 5.84. The zero-order valence-corrected chi connectivity index (χ0v) is 13.9. The van der Waals surface area contributed by atoms with Crippen LogP contribution < -0.4 is 10.6 Å². The minimum atomic E-state index is -3.61. The second kappa shape index (κ2) is 7.94. The summed E-state index contributed by atoms with van der Waals surface area (Å²) in [4.78, 5) is 11.9. The molecule has 1 unspecified atom stereocenters. The molecular formula is C15H21ClN2O3S. The van der Waals surface area contributed by atoms with Crippen molar-refractivity contribution >= 4 is 27.3 Å². The first-order valence-electron chi connectivity index (χ1n) is 7.43. The van der Waals surface area contributed by atoms with Gasteiger partial charge < -0.3 is 10.6 Å². The van der Waals surface area contributed by atoms with Gasteiger partial charge in [0.2, 0.25) is 5.91 Å². The molecule has 122 valence electrons. The first kappa shape index (κ1) is 17.2. The highest BCUT2D eigenvalue weighted by atomic mass is 35.5. The summed E-state index contributed by atoms with van der Waals surface area (Å²) in [5.74, 6) is -0.432. The van der Waals surface area contributed by atoms with Crippen molar-refractivity contribution in [2.24, 2.45) is 5.92 Å². The number of nitrogens with one attached hydrogen (secondary N) is 2. The fraction of sp³-hybridized carbons (Fsp3) is 0.533. The van der Waals surface area contributed by atoms with Crippen molar-refractivity contribution in [2.75, 3.05) is 25.4 Å². The molecule has 1 aromatic carbocycles. The quantitative estimate of drug-likeness (QED) is 0.822. The predicted octanol–water partition coefficient (Wildman–Crippen LogP) is 1.62. The van der Waals surface area contributed by atoms with Crippen LogP contribution in [0.15, 0.2) is 29.2 Å². The molecule has 2 rings (SSSR count). The zero-order chi connectivity index (χ0) is 16.0. The first-order chi connectivity index (χ1) is 10.5. The highest BCUT2D eigenvalue weighted by molar-refractivity contribution is 7.92. The number of piperidine rings is 1. The van der Waals surface area contributed by atoms with Gasteiger partial charge in [0.05, 0.1) is 4.90 Å². The lowest BCUT2D eigenvalue weighted by Crippen LogP contribution is -2.35. The third-order valence-electron chi connectivity index (χ3n) is 3.77. The van der Waals surface area contributed by atoms with E-state index in [4.69, 9.17) is 11.6 Å². The minimum Gasteiger partial charge on any atom is -0.355 e. The second-order valence-corrected chi connectivity index (χ2v) is 7.99. The van der Waals surface area contributed by atoms with E-state index in [0.717, 1.165) is 32.4 Å². The average molecular weight is 345 g/mol. The largest absolute Gasteiger partial charge is 0.355 e. The highest BCUT2D eigenvalue weighted by Gasteiger charge is 2.19. The number of carbonyl (C=O) groups is 1. The van der Waals surface area contributed by atoms with Gasteiger partial charge in [-0.15, -0.1) is 0 Å². The van der Waals surface area contributed by atoms with Crippen molar-refractivity contribution in [3.63, 3.8) is 0 Å². The van der Waals surface area contributed by atoms with Gasteiger partial charge in [0.25, 0.3) is 0 Å². The van der Waals surface area contributed by atoms with Gasteiger partial charge in [0.15, 0.2) is 9.84 Å². The smallest absolute Gasteiger partial charge is 0.235 e. The van der Waals surface area contributed by atoms with Crippen molar-refractivity contribution in [3.05, 3.63) is 29.3 Å². The summed E-state index contributed by atoms with van der Waals surface area (Å²) >= 11 is 5.73. The Morgan fingerprint density at radius 1 is 1.32 bits per heavy atom. The Morgan fingerprint density at radius 3 is 2.68 bits per heavy atom. The van der Waals surface area contributed by atoms with Crippen molar-refractivity contribution < 1.29 is 13.2 Å². The van der Waals surface area contributed by atoms with Crippen LogP contribution in [0.4, 0.5) is 0 Å². The van der Waals surface area contributed by atoms with Crippen molar-refractivity contribution in [1.82, 2.24) is 10.6 Å². The molecule has 7 heteroatoms. The maximum absolute atomic E-state index is 12.1. The van der Waals surface area contributed by atoms with Crippen molar-refractivity contribution in [2.45, 2.75) is 24.2 Å². The molecule has 0 aromatic heterocycles. The van der Waals surface area contributed by atoms with E-state index in [1.165, 1.54) is 24.3 Å². The summed E-state index contributed by atoms with van der Waals surface area (Å²) < 4.78 is 24.2. The first-order valence-corrected chi connectivity index (χ1v) is 9.46. The molecule has 1 aliphatic rings. The number of halogens is 1. The van der Waals surface area contributed by atoms with Crippen molar-refractivity contribution in [1.29, 1.82) is 0 Å². The van der Waals surface area contributed by atoms with Gasteiger partial charge in [-0.25, -0.2) is 8.42 Å². The Kier molecular flexibility index (Phi) is 6.23. The monoisotopic (exact) mass is 344 g/mol. The van der Waals surface area contributed by atoms with Gasteiger partial charge in [-0.3, -0.25) is 4.79 Å². The van der Waals surface area contributed by atoms with Crippen LogP contribution in [-0.2, 0) is 14.6 Å². The van der Waals surface area contributed by atoms with Crippen molar-refractivity contribution in [3.8, 4) is 0 Å². The van der Waals surface area contributed by atoms with E-state index in [2.05, 4.69) is 10.6 Å². The topological polar surface area (TPSA) is 75.3 Å². The molecule has 1 heterocycles. The number of amides is 1. The van der Waals surface area contributed by atoms with Crippen LogP contribution in [0.2, 0.25) is 5.02 Å². The standard InChI is InChI=1S/C15H21ClN2O3S/c16-13-3-5-14(6-4-13)22(20,21)11-15(19)18-9-7-12-2-1-8-17-10-12/h3-6,12,17H,1-2,7-11H2,(H,18,19). The molecule has 5 nitrogen and oxygen atoms in total. The molecule has 22 heavy (non-hydrogen) atoms. The summed E-state index contributed by atoms with van der Waals surface area (Å²) in [7, 11) is -3.61. The number of hydrogen-bond donors (Lipinski definition) is 2. The number of benzene rings is 1. The van der Waals surface area contributed by atoms with E-state index >= 15 is 0 Å². The van der Waals surface area contributed by atoms with Gasteiger partial charge in [-0.2, -0.15) is 0 Å². The van der Waals surface area contributed by atoms with E-state index in [1.807, 2.05) is 0 Å². The molecule has 1 fully saturated rings. The molecule has 0 bridgehead atoms. The third-order valence-corrected chi connectivity index (χ3v) is 5.65. The van der Waals surface area contributed by atoms with E-state index < -0.39 is 21.5 Å². The number of carbonyl (C=O) groups excluding carboxylic acids is 1. The number of rotatable bonds is 6. The summed E-state index contributed by atoms with van der Waals surface area (Å²) in [5.41, 5.74) is 0. The molecule has 2 N–H and O–H groups in total. The van der Waals surface area contributed by atoms with Gasteiger partial charge >= 0.3 is 0 Å². The highest BCUT2D eigenvalue weighted by Crippen LogP contribution is 2.15.